The quantitative estimate of drug-likeness (QED) is 0.743. The second-order valence-electron chi connectivity index (χ2n) is 5.69. The lowest BCUT2D eigenvalue weighted by atomic mass is 10.2. The van der Waals surface area contributed by atoms with E-state index in [9.17, 15) is 0 Å². The highest BCUT2D eigenvalue weighted by Gasteiger charge is 2.13. The highest BCUT2D eigenvalue weighted by atomic mass is 15.2. The van der Waals surface area contributed by atoms with Crippen molar-refractivity contribution in [3.8, 4) is 6.07 Å². The zero-order valence-corrected chi connectivity index (χ0v) is 13.1. The third-order valence-electron chi connectivity index (χ3n) is 3.40. The summed E-state index contributed by atoms with van der Waals surface area (Å²) in [5.74, 6) is 1.23. The van der Waals surface area contributed by atoms with Crippen molar-refractivity contribution in [1.29, 1.82) is 5.26 Å². The van der Waals surface area contributed by atoms with Crippen molar-refractivity contribution in [2.75, 3.05) is 11.9 Å². The number of rotatable bonds is 6. The van der Waals surface area contributed by atoms with Crippen LogP contribution in [-0.2, 0) is 13.1 Å². The van der Waals surface area contributed by atoms with E-state index in [0.29, 0.717) is 29.4 Å². The molecule has 118 valence electrons. The third kappa shape index (κ3) is 3.29. The smallest absolute Gasteiger partial charge is 0.236 e. The molecule has 0 amide bonds. The summed E-state index contributed by atoms with van der Waals surface area (Å²) in [5, 5.41) is 12.4. The Morgan fingerprint density at radius 1 is 1.26 bits per heavy atom. The van der Waals surface area contributed by atoms with Gasteiger partial charge in [-0.05, 0) is 5.92 Å². The summed E-state index contributed by atoms with van der Waals surface area (Å²) in [6.07, 6.45) is 7.16. The normalized spacial score (nSPS) is 11.0. The van der Waals surface area contributed by atoms with Gasteiger partial charge < -0.3 is 14.5 Å². The maximum Gasteiger partial charge on any atom is 0.236 e. The summed E-state index contributed by atoms with van der Waals surface area (Å²) in [6.45, 7) is 6.43. The van der Waals surface area contributed by atoms with Crippen molar-refractivity contribution in [2.45, 2.75) is 26.9 Å². The highest BCUT2D eigenvalue weighted by Crippen LogP contribution is 2.19. The maximum atomic E-state index is 9.16. The van der Waals surface area contributed by atoms with Crippen LogP contribution in [0.15, 0.2) is 25.0 Å². The Morgan fingerprint density at radius 2 is 2.13 bits per heavy atom. The van der Waals surface area contributed by atoms with Gasteiger partial charge in [-0.15, -0.1) is 0 Å². The van der Waals surface area contributed by atoms with Crippen LogP contribution in [0.1, 0.15) is 19.7 Å². The van der Waals surface area contributed by atoms with Crippen LogP contribution in [-0.4, -0.2) is 35.6 Å². The molecule has 8 heteroatoms. The lowest BCUT2D eigenvalue weighted by Gasteiger charge is -2.09. The second kappa shape index (κ2) is 6.44. The first-order valence-electron chi connectivity index (χ1n) is 7.50. The molecule has 0 bridgehead atoms. The molecule has 0 aliphatic carbocycles. The third-order valence-corrected chi connectivity index (χ3v) is 3.40. The largest absolute Gasteiger partial charge is 0.368 e. The van der Waals surface area contributed by atoms with Gasteiger partial charge in [0.1, 0.15) is 6.07 Å². The number of fused-ring (bicyclic) bond motifs is 1. The summed E-state index contributed by atoms with van der Waals surface area (Å²) < 4.78 is 3.91. The molecule has 3 aromatic rings. The highest BCUT2D eigenvalue weighted by molar-refractivity contribution is 5.83. The van der Waals surface area contributed by atoms with Crippen molar-refractivity contribution in [1.82, 2.24) is 29.1 Å². The number of imidazole rings is 2. The molecule has 0 aliphatic rings. The van der Waals surface area contributed by atoms with Crippen molar-refractivity contribution in [2.24, 2.45) is 5.92 Å². The zero-order valence-electron chi connectivity index (χ0n) is 13.1. The monoisotopic (exact) mass is 310 g/mol. The number of aryl methyl sites for hydroxylation is 2. The fraction of sp³-hybridized carbons (Fsp3) is 0.400. The Bertz CT molecular complexity index is 825. The number of nitrogens with zero attached hydrogens (tertiary/aromatic N) is 7. The van der Waals surface area contributed by atoms with Gasteiger partial charge in [-0.2, -0.15) is 15.2 Å². The standard InChI is InChI=1S/C15H18N8/c1-11(2)8-18-14-13-15(21-12(7-16)20-14)23(10-19-13)6-5-22-4-3-17-9-22/h3-4,9-11H,5-6,8H2,1-2H3,(H,18,20,21). The molecule has 0 spiro atoms. The molecule has 0 unspecified atom stereocenters. The molecule has 0 aliphatic heterocycles. The predicted molar refractivity (Wildman–Crippen MR) is 85.6 cm³/mol. The zero-order chi connectivity index (χ0) is 16.2. The van der Waals surface area contributed by atoms with Gasteiger partial charge in [0.2, 0.25) is 5.82 Å². The van der Waals surface area contributed by atoms with E-state index >= 15 is 0 Å². The van der Waals surface area contributed by atoms with E-state index in [1.165, 1.54) is 0 Å². The van der Waals surface area contributed by atoms with Crippen LogP contribution in [0.25, 0.3) is 11.2 Å². The summed E-state index contributed by atoms with van der Waals surface area (Å²) in [6, 6.07) is 2.02. The van der Waals surface area contributed by atoms with Gasteiger partial charge in [-0.25, -0.2) is 9.97 Å². The van der Waals surface area contributed by atoms with Gasteiger partial charge in [0.15, 0.2) is 17.0 Å². The van der Waals surface area contributed by atoms with Crippen LogP contribution in [0.3, 0.4) is 0 Å². The van der Waals surface area contributed by atoms with E-state index in [0.717, 1.165) is 13.1 Å². The molecule has 0 saturated carbocycles. The Balaban J connectivity index is 1.91. The molecular weight excluding hydrogens is 292 g/mol. The minimum absolute atomic E-state index is 0.146. The van der Waals surface area contributed by atoms with Crippen molar-refractivity contribution >= 4 is 17.0 Å². The molecule has 3 rings (SSSR count). The fourth-order valence-corrected chi connectivity index (χ4v) is 2.22. The van der Waals surface area contributed by atoms with Crippen molar-refractivity contribution in [3.05, 3.63) is 30.9 Å². The minimum Gasteiger partial charge on any atom is -0.368 e. The lowest BCUT2D eigenvalue weighted by molar-refractivity contribution is 0.586. The van der Waals surface area contributed by atoms with Crippen LogP contribution in [0, 0.1) is 17.2 Å². The van der Waals surface area contributed by atoms with Crippen LogP contribution in [0.5, 0.6) is 0 Å². The van der Waals surface area contributed by atoms with Crippen LogP contribution < -0.4 is 5.32 Å². The lowest BCUT2D eigenvalue weighted by Crippen LogP contribution is -2.11. The van der Waals surface area contributed by atoms with E-state index in [2.05, 4.69) is 39.1 Å². The number of anilines is 1. The predicted octanol–water partition coefficient (Wildman–Crippen LogP) is 1.66. The molecular formula is C15H18N8. The van der Waals surface area contributed by atoms with Crippen molar-refractivity contribution in [3.63, 3.8) is 0 Å². The Hall–Kier alpha value is -2.95. The number of aromatic nitrogens is 6. The minimum atomic E-state index is 0.146. The van der Waals surface area contributed by atoms with Crippen LogP contribution in [0.2, 0.25) is 0 Å². The van der Waals surface area contributed by atoms with Gasteiger partial charge in [0.05, 0.1) is 12.7 Å². The fourth-order valence-electron chi connectivity index (χ4n) is 2.22. The molecule has 3 heterocycles. The Morgan fingerprint density at radius 3 is 2.83 bits per heavy atom. The van der Waals surface area contributed by atoms with Gasteiger partial charge in [-0.1, -0.05) is 13.8 Å². The molecule has 0 saturated heterocycles. The van der Waals surface area contributed by atoms with E-state index in [4.69, 9.17) is 5.26 Å². The molecule has 0 fully saturated rings. The average Bonchev–Trinajstić information content (AvgIpc) is 3.19. The second-order valence-corrected chi connectivity index (χ2v) is 5.69. The number of hydrogen-bond acceptors (Lipinski definition) is 6. The maximum absolute atomic E-state index is 9.16. The summed E-state index contributed by atoms with van der Waals surface area (Å²) in [4.78, 5) is 17.0. The first kappa shape index (κ1) is 15.0. The number of nitrogens with one attached hydrogen (secondary N) is 1. The molecule has 23 heavy (non-hydrogen) atoms. The van der Waals surface area contributed by atoms with Crippen LogP contribution in [0.4, 0.5) is 5.82 Å². The van der Waals surface area contributed by atoms with E-state index in [1.54, 1.807) is 18.9 Å². The van der Waals surface area contributed by atoms with E-state index in [-0.39, 0.29) is 5.82 Å². The van der Waals surface area contributed by atoms with Crippen LogP contribution >= 0.6 is 0 Å². The molecule has 0 radical (unpaired) electrons. The average molecular weight is 310 g/mol. The summed E-state index contributed by atoms with van der Waals surface area (Å²) in [7, 11) is 0. The molecule has 0 atom stereocenters. The summed E-state index contributed by atoms with van der Waals surface area (Å²) >= 11 is 0. The Labute approximate surface area is 133 Å². The first-order chi connectivity index (χ1) is 11.2. The van der Waals surface area contributed by atoms with Crippen molar-refractivity contribution < 1.29 is 0 Å². The van der Waals surface area contributed by atoms with E-state index in [1.807, 2.05) is 21.4 Å². The number of hydrogen-bond donors (Lipinski definition) is 1. The molecule has 3 aromatic heterocycles. The van der Waals surface area contributed by atoms with Gasteiger partial charge in [-0.3, -0.25) is 0 Å². The number of nitriles is 1. The van der Waals surface area contributed by atoms with E-state index < -0.39 is 0 Å². The molecule has 1 N–H and O–H groups in total. The molecule has 8 nitrogen and oxygen atoms in total. The molecule has 0 aromatic carbocycles. The SMILES string of the molecule is CC(C)CNc1nc(C#N)nc2c1ncn2CCn1ccnc1. The van der Waals surface area contributed by atoms with Gasteiger partial charge >= 0.3 is 0 Å². The van der Waals surface area contributed by atoms with Gasteiger partial charge in [0, 0.05) is 32.0 Å². The Kier molecular flexibility index (Phi) is 4.19. The summed E-state index contributed by atoms with van der Waals surface area (Å²) in [5.41, 5.74) is 1.36. The first-order valence-corrected chi connectivity index (χ1v) is 7.50. The van der Waals surface area contributed by atoms with Gasteiger partial charge in [0.25, 0.3) is 0 Å². The topological polar surface area (TPSA) is 97.2 Å².